The molecule has 0 spiro atoms. The molecule has 0 aliphatic carbocycles. The molecule has 0 aliphatic rings. The molecule has 0 heterocycles. The maximum absolute atomic E-state index is 5.72. The van der Waals surface area contributed by atoms with Gasteiger partial charge in [0.1, 0.15) is 0 Å². The molecule has 0 radical (unpaired) electrons. The van der Waals surface area contributed by atoms with Gasteiger partial charge in [-0.05, 0) is 24.6 Å². The molecule has 0 fully saturated rings. The molecule has 0 bridgehead atoms. The fourth-order valence-corrected chi connectivity index (χ4v) is 1.75. The first-order valence-corrected chi connectivity index (χ1v) is 5.46. The van der Waals surface area contributed by atoms with E-state index in [2.05, 4.69) is 50.1 Å². The third-order valence-electron chi connectivity index (χ3n) is 2.55. The number of hydrogen-bond donors (Lipinski definition) is 1. The molecule has 92 valence electrons. The fraction of sp³-hybridized carbons (Fsp3) is 0.538. The number of halogens is 1. The zero-order valence-corrected chi connectivity index (χ0v) is 11.3. The van der Waals surface area contributed by atoms with Gasteiger partial charge in [-0.1, -0.05) is 44.2 Å². The topological polar surface area (TPSA) is 29.3 Å². The normalized spacial score (nSPS) is 11.3. The summed E-state index contributed by atoms with van der Waals surface area (Å²) in [7, 11) is 2.14. The summed E-state index contributed by atoms with van der Waals surface area (Å²) in [5.74, 6) is 0. The van der Waals surface area contributed by atoms with Crippen LogP contribution in [0.4, 0.5) is 0 Å². The van der Waals surface area contributed by atoms with Gasteiger partial charge >= 0.3 is 0 Å². The summed E-state index contributed by atoms with van der Waals surface area (Å²) in [5.41, 5.74) is 7.27. The van der Waals surface area contributed by atoms with Crippen LogP contribution in [-0.2, 0) is 6.54 Å². The van der Waals surface area contributed by atoms with Crippen LogP contribution in [0.15, 0.2) is 30.3 Å². The van der Waals surface area contributed by atoms with E-state index in [4.69, 9.17) is 5.73 Å². The second kappa shape index (κ2) is 6.89. The highest BCUT2D eigenvalue weighted by Crippen LogP contribution is 2.15. The number of nitrogens with zero attached hydrogens (tertiary/aromatic N) is 1. The molecule has 1 aromatic rings. The maximum atomic E-state index is 5.72. The van der Waals surface area contributed by atoms with Crippen molar-refractivity contribution in [3.63, 3.8) is 0 Å². The minimum Gasteiger partial charge on any atom is -0.330 e. The average Bonchev–Trinajstić information content (AvgIpc) is 2.18. The number of hydrogen-bond acceptors (Lipinski definition) is 2. The summed E-state index contributed by atoms with van der Waals surface area (Å²) in [5, 5.41) is 0. The molecule has 0 amide bonds. The highest BCUT2D eigenvalue weighted by atomic mass is 35.5. The molecule has 0 saturated carbocycles. The van der Waals surface area contributed by atoms with Crippen LogP contribution in [0.1, 0.15) is 19.4 Å². The predicted molar refractivity (Wildman–Crippen MR) is 72.9 cm³/mol. The van der Waals surface area contributed by atoms with E-state index in [0.717, 1.165) is 19.6 Å². The van der Waals surface area contributed by atoms with E-state index in [1.54, 1.807) is 0 Å². The summed E-state index contributed by atoms with van der Waals surface area (Å²) in [6, 6.07) is 10.5. The Kier molecular flexibility index (Phi) is 6.65. The van der Waals surface area contributed by atoms with Crippen molar-refractivity contribution >= 4 is 12.4 Å². The van der Waals surface area contributed by atoms with Gasteiger partial charge in [-0.3, -0.25) is 0 Å². The number of nitrogens with two attached hydrogens (primary N) is 1. The summed E-state index contributed by atoms with van der Waals surface area (Å²) in [4.78, 5) is 2.32. The zero-order valence-electron chi connectivity index (χ0n) is 10.4. The van der Waals surface area contributed by atoms with Gasteiger partial charge in [0.05, 0.1) is 0 Å². The molecule has 3 heteroatoms. The Morgan fingerprint density at radius 2 is 1.75 bits per heavy atom. The van der Waals surface area contributed by atoms with Crippen molar-refractivity contribution in [2.75, 3.05) is 20.1 Å². The number of rotatable bonds is 5. The Bertz CT molecular complexity index is 285. The van der Waals surface area contributed by atoms with E-state index in [1.807, 2.05) is 6.07 Å². The molecule has 2 N–H and O–H groups in total. The van der Waals surface area contributed by atoms with Crippen LogP contribution in [0.25, 0.3) is 0 Å². The molecule has 0 aromatic heterocycles. The molecule has 1 aromatic carbocycles. The lowest BCUT2D eigenvalue weighted by Crippen LogP contribution is -2.36. The van der Waals surface area contributed by atoms with Crippen molar-refractivity contribution in [1.82, 2.24) is 4.90 Å². The van der Waals surface area contributed by atoms with E-state index < -0.39 is 0 Å². The Morgan fingerprint density at radius 3 is 2.25 bits per heavy atom. The van der Waals surface area contributed by atoms with E-state index in [-0.39, 0.29) is 17.8 Å². The molecule has 0 saturated heterocycles. The zero-order chi connectivity index (χ0) is 11.3. The number of benzene rings is 1. The lowest BCUT2D eigenvalue weighted by molar-refractivity contribution is 0.210. The van der Waals surface area contributed by atoms with Crippen molar-refractivity contribution in [2.24, 2.45) is 11.1 Å². The average molecular weight is 243 g/mol. The second-order valence-corrected chi connectivity index (χ2v) is 5.03. The van der Waals surface area contributed by atoms with Gasteiger partial charge in [0.2, 0.25) is 0 Å². The molecule has 0 aliphatic heterocycles. The highest BCUT2D eigenvalue weighted by molar-refractivity contribution is 5.85. The van der Waals surface area contributed by atoms with Gasteiger partial charge in [0.25, 0.3) is 0 Å². The minimum atomic E-state index is 0. The predicted octanol–water partition coefficient (Wildman–Crippen LogP) is 2.53. The molecule has 0 atom stereocenters. The molecule has 1 rings (SSSR count). The third-order valence-corrected chi connectivity index (χ3v) is 2.55. The van der Waals surface area contributed by atoms with Crippen molar-refractivity contribution in [2.45, 2.75) is 20.4 Å². The van der Waals surface area contributed by atoms with Crippen LogP contribution < -0.4 is 5.73 Å². The smallest absolute Gasteiger partial charge is 0.0230 e. The van der Waals surface area contributed by atoms with Crippen molar-refractivity contribution in [3.05, 3.63) is 35.9 Å². The lowest BCUT2D eigenvalue weighted by atomic mass is 9.93. The summed E-state index contributed by atoms with van der Waals surface area (Å²) >= 11 is 0. The van der Waals surface area contributed by atoms with Crippen molar-refractivity contribution in [3.8, 4) is 0 Å². The van der Waals surface area contributed by atoms with E-state index in [0.29, 0.717) is 0 Å². The van der Waals surface area contributed by atoms with Crippen LogP contribution in [0.3, 0.4) is 0 Å². The Hall–Kier alpha value is -0.570. The molecule has 0 unspecified atom stereocenters. The minimum absolute atomic E-state index is 0. The van der Waals surface area contributed by atoms with Crippen molar-refractivity contribution < 1.29 is 0 Å². The second-order valence-electron chi connectivity index (χ2n) is 5.03. The molecular weight excluding hydrogens is 220 g/mol. The summed E-state index contributed by atoms with van der Waals surface area (Å²) in [6.45, 7) is 7.15. The Labute approximate surface area is 105 Å². The first-order valence-electron chi connectivity index (χ1n) is 5.46. The standard InChI is InChI=1S/C13H22N2.ClH/c1-13(2,10-14)11-15(3)9-12-7-5-4-6-8-12;/h4-8H,9-11,14H2,1-3H3;1H. The summed E-state index contributed by atoms with van der Waals surface area (Å²) in [6.07, 6.45) is 0. The van der Waals surface area contributed by atoms with Gasteiger partial charge in [0, 0.05) is 13.1 Å². The van der Waals surface area contributed by atoms with Gasteiger partial charge in [0.15, 0.2) is 0 Å². The monoisotopic (exact) mass is 242 g/mol. The fourth-order valence-electron chi connectivity index (χ4n) is 1.75. The Morgan fingerprint density at radius 1 is 1.19 bits per heavy atom. The SMILES string of the molecule is CN(Cc1ccccc1)CC(C)(C)CN.Cl. The van der Waals surface area contributed by atoms with E-state index in [9.17, 15) is 0 Å². The van der Waals surface area contributed by atoms with Gasteiger partial charge in [-0.2, -0.15) is 0 Å². The summed E-state index contributed by atoms with van der Waals surface area (Å²) < 4.78 is 0. The third kappa shape index (κ3) is 5.50. The van der Waals surface area contributed by atoms with Crippen molar-refractivity contribution in [1.29, 1.82) is 0 Å². The molecule has 2 nitrogen and oxygen atoms in total. The lowest BCUT2D eigenvalue weighted by Gasteiger charge is -2.29. The van der Waals surface area contributed by atoms with Gasteiger partial charge in [-0.15, -0.1) is 12.4 Å². The molecular formula is C13H23ClN2. The van der Waals surface area contributed by atoms with E-state index >= 15 is 0 Å². The van der Waals surface area contributed by atoms with Gasteiger partial charge < -0.3 is 10.6 Å². The first-order chi connectivity index (χ1) is 7.03. The van der Waals surface area contributed by atoms with Crippen LogP contribution >= 0.6 is 12.4 Å². The van der Waals surface area contributed by atoms with E-state index in [1.165, 1.54) is 5.56 Å². The maximum Gasteiger partial charge on any atom is 0.0230 e. The largest absolute Gasteiger partial charge is 0.330 e. The quantitative estimate of drug-likeness (QED) is 0.860. The highest BCUT2D eigenvalue weighted by Gasteiger charge is 2.17. The first kappa shape index (κ1) is 15.4. The van der Waals surface area contributed by atoms with Crippen LogP contribution in [0, 0.1) is 5.41 Å². The Balaban J connectivity index is 0.00000225. The van der Waals surface area contributed by atoms with Crippen LogP contribution in [-0.4, -0.2) is 25.0 Å². The molecule has 16 heavy (non-hydrogen) atoms. The van der Waals surface area contributed by atoms with Gasteiger partial charge in [-0.25, -0.2) is 0 Å². The van der Waals surface area contributed by atoms with Crippen LogP contribution in [0.2, 0.25) is 0 Å². The van der Waals surface area contributed by atoms with Crippen LogP contribution in [0.5, 0.6) is 0 Å².